The first-order valence-electron chi connectivity index (χ1n) is 4.53. The largest absolute Gasteiger partial charge is 0.381 e. The standard InChI is InChI=1S/C8H13FO3S/c9-13(10,11)7-5-8(6-7)1-3-12-4-2-8/h7H,1-6H2. The van der Waals surface area contributed by atoms with E-state index in [0.717, 1.165) is 12.8 Å². The summed E-state index contributed by atoms with van der Waals surface area (Å²) in [5, 5.41) is -0.731. The van der Waals surface area contributed by atoms with Crippen LogP contribution in [-0.2, 0) is 15.0 Å². The minimum atomic E-state index is -4.28. The molecule has 2 aliphatic rings. The molecular formula is C8H13FO3S. The Hall–Kier alpha value is -0.160. The second-order valence-corrected chi connectivity index (χ2v) is 5.74. The Morgan fingerprint density at radius 2 is 1.77 bits per heavy atom. The van der Waals surface area contributed by atoms with Crippen LogP contribution in [0, 0.1) is 5.41 Å². The Labute approximate surface area is 77.5 Å². The predicted octanol–water partition coefficient (Wildman–Crippen LogP) is 1.24. The molecule has 0 bridgehead atoms. The van der Waals surface area contributed by atoms with Gasteiger partial charge in [0.15, 0.2) is 0 Å². The molecule has 2 rings (SSSR count). The third-order valence-corrected chi connectivity index (χ3v) is 4.40. The van der Waals surface area contributed by atoms with Gasteiger partial charge in [-0.3, -0.25) is 0 Å². The van der Waals surface area contributed by atoms with Gasteiger partial charge in [0.05, 0.1) is 5.25 Å². The first kappa shape index (κ1) is 9.40. The van der Waals surface area contributed by atoms with Gasteiger partial charge in [0.1, 0.15) is 0 Å². The number of halogens is 1. The normalized spacial score (nSPS) is 28.7. The highest BCUT2D eigenvalue weighted by atomic mass is 32.3. The summed E-state index contributed by atoms with van der Waals surface area (Å²) in [6.07, 6.45) is 2.77. The second kappa shape index (κ2) is 2.92. The molecule has 1 saturated carbocycles. The lowest BCUT2D eigenvalue weighted by Gasteiger charge is -2.48. The number of hydrogen-bond donors (Lipinski definition) is 0. The average molecular weight is 208 g/mol. The molecule has 1 saturated heterocycles. The molecule has 0 aromatic heterocycles. The highest BCUT2D eigenvalue weighted by Crippen LogP contribution is 2.51. The lowest BCUT2D eigenvalue weighted by Crippen LogP contribution is -2.47. The smallest absolute Gasteiger partial charge is 0.305 e. The molecule has 2 fully saturated rings. The molecule has 1 aliphatic carbocycles. The van der Waals surface area contributed by atoms with Gasteiger partial charge < -0.3 is 4.74 Å². The van der Waals surface area contributed by atoms with Gasteiger partial charge in [-0.25, -0.2) is 0 Å². The first-order valence-corrected chi connectivity index (χ1v) is 5.98. The zero-order chi connectivity index (χ0) is 9.53. The fourth-order valence-corrected chi connectivity index (χ4v) is 3.42. The minimum absolute atomic E-state index is 0.0854. The van der Waals surface area contributed by atoms with Crippen molar-refractivity contribution in [1.82, 2.24) is 0 Å². The van der Waals surface area contributed by atoms with E-state index in [4.69, 9.17) is 4.74 Å². The van der Waals surface area contributed by atoms with Crippen molar-refractivity contribution in [1.29, 1.82) is 0 Å². The SMILES string of the molecule is O=S(=O)(F)C1CC2(CCOCC2)C1. The van der Waals surface area contributed by atoms with Gasteiger partial charge in [0.25, 0.3) is 0 Å². The molecule has 0 aromatic carbocycles. The molecule has 76 valence electrons. The van der Waals surface area contributed by atoms with E-state index in [1.807, 2.05) is 0 Å². The van der Waals surface area contributed by atoms with Gasteiger partial charge in [-0.2, -0.15) is 8.42 Å². The van der Waals surface area contributed by atoms with Crippen LogP contribution in [0.2, 0.25) is 0 Å². The molecular weight excluding hydrogens is 195 g/mol. The second-order valence-electron chi connectivity index (χ2n) is 4.12. The Morgan fingerprint density at radius 3 is 2.23 bits per heavy atom. The average Bonchev–Trinajstić information content (AvgIpc) is 2.00. The molecule has 3 nitrogen and oxygen atoms in total. The van der Waals surface area contributed by atoms with Gasteiger partial charge in [0, 0.05) is 13.2 Å². The Morgan fingerprint density at radius 1 is 1.23 bits per heavy atom. The molecule has 1 heterocycles. The maximum Gasteiger partial charge on any atom is 0.305 e. The minimum Gasteiger partial charge on any atom is -0.381 e. The maximum absolute atomic E-state index is 12.5. The molecule has 0 aromatic rings. The molecule has 0 N–H and O–H groups in total. The van der Waals surface area contributed by atoms with Crippen molar-refractivity contribution in [2.24, 2.45) is 5.41 Å². The molecule has 1 spiro atoms. The summed E-state index contributed by atoms with van der Waals surface area (Å²) in [7, 11) is -4.28. The molecule has 0 radical (unpaired) electrons. The van der Waals surface area contributed by atoms with Crippen molar-refractivity contribution < 1.29 is 17.0 Å². The fraction of sp³-hybridized carbons (Fsp3) is 1.00. The highest BCUT2D eigenvalue weighted by molar-refractivity contribution is 7.87. The Kier molecular flexibility index (Phi) is 2.11. The summed E-state index contributed by atoms with van der Waals surface area (Å²) in [4.78, 5) is 0. The van der Waals surface area contributed by atoms with Crippen LogP contribution in [0.25, 0.3) is 0 Å². The van der Waals surface area contributed by atoms with Gasteiger partial charge in [-0.1, -0.05) is 0 Å². The van der Waals surface area contributed by atoms with E-state index in [-0.39, 0.29) is 5.41 Å². The van der Waals surface area contributed by atoms with Crippen molar-refractivity contribution in [3.8, 4) is 0 Å². The lowest BCUT2D eigenvalue weighted by molar-refractivity contribution is -0.0268. The third kappa shape index (κ3) is 1.72. The zero-order valence-corrected chi connectivity index (χ0v) is 8.15. The molecule has 0 atom stereocenters. The Balaban J connectivity index is 1.96. The van der Waals surface area contributed by atoms with Crippen molar-refractivity contribution in [3.05, 3.63) is 0 Å². The van der Waals surface area contributed by atoms with E-state index in [2.05, 4.69) is 0 Å². The first-order chi connectivity index (χ1) is 6.02. The molecule has 1 aliphatic heterocycles. The van der Waals surface area contributed by atoms with Crippen molar-refractivity contribution in [3.63, 3.8) is 0 Å². The molecule has 0 unspecified atom stereocenters. The molecule has 5 heteroatoms. The van der Waals surface area contributed by atoms with Crippen LogP contribution < -0.4 is 0 Å². The summed E-state index contributed by atoms with van der Waals surface area (Å²) in [6.45, 7) is 1.39. The van der Waals surface area contributed by atoms with Crippen molar-refractivity contribution in [2.45, 2.75) is 30.9 Å². The van der Waals surface area contributed by atoms with Crippen LogP contribution in [-0.4, -0.2) is 26.9 Å². The van der Waals surface area contributed by atoms with Crippen LogP contribution in [0.3, 0.4) is 0 Å². The predicted molar refractivity (Wildman–Crippen MR) is 45.5 cm³/mol. The zero-order valence-electron chi connectivity index (χ0n) is 7.33. The van der Waals surface area contributed by atoms with E-state index in [9.17, 15) is 12.3 Å². The summed E-state index contributed by atoms with van der Waals surface area (Å²) in [5.41, 5.74) is 0.0854. The maximum atomic E-state index is 12.5. The van der Waals surface area contributed by atoms with Gasteiger partial charge >= 0.3 is 10.2 Å². The number of rotatable bonds is 1. The number of hydrogen-bond acceptors (Lipinski definition) is 3. The highest BCUT2D eigenvalue weighted by Gasteiger charge is 2.50. The van der Waals surface area contributed by atoms with E-state index >= 15 is 0 Å². The lowest BCUT2D eigenvalue weighted by atomic mass is 9.64. The monoisotopic (exact) mass is 208 g/mol. The summed E-state index contributed by atoms with van der Waals surface area (Å²) >= 11 is 0. The molecule has 13 heavy (non-hydrogen) atoms. The van der Waals surface area contributed by atoms with Gasteiger partial charge in [-0.15, -0.1) is 3.89 Å². The molecule has 0 amide bonds. The van der Waals surface area contributed by atoms with Gasteiger partial charge in [0.2, 0.25) is 0 Å². The summed E-state index contributed by atoms with van der Waals surface area (Å²) in [5.74, 6) is 0. The summed E-state index contributed by atoms with van der Waals surface area (Å²) < 4.78 is 38.8. The topological polar surface area (TPSA) is 43.4 Å². The fourth-order valence-electron chi connectivity index (χ4n) is 2.32. The van der Waals surface area contributed by atoms with Crippen LogP contribution in [0.1, 0.15) is 25.7 Å². The van der Waals surface area contributed by atoms with Gasteiger partial charge in [-0.05, 0) is 31.1 Å². The van der Waals surface area contributed by atoms with Crippen LogP contribution in [0.4, 0.5) is 3.89 Å². The number of ether oxygens (including phenoxy) is 1. The third-order valence-electron chi connectivity index (χ3n) is 3.27. The van der Waals surface area contributed by atoms with Crippen molar-refractivity contribution in [2.75, 3.05) is 13.2 Å². The van der Waals surface area contributed by atoms with Crippen LogP contribution in [0.15, 0.2) is 0 Å². The van der Waals surface area contributed by atoms with Crippen molar-refractivity contribution >= 4 is 10.2 Å². The van der Waals surface area contributed by atoms with Crippen LogP contribution >= 0.6 is 0 Å². The quantitative estimate of drug-likeness (QED) is 0.609. The van der Waals surface area contributed by atoms with E-state index < -0.39 is 15.5 Å². The van der Waals surface area contributed by atoms with E-state index in [1.165, 1.54) is 0 Å². The summed E-state index contributed by atoms with van der Waals surface area (Å²) in [6, 6.07) is 0. The van der Waals surface area contributed by atoms with E-state index in [1.54, 1.807) is 0 Å². The van der Waals surface area contributed by atoms with E-state index in [0.29, 0.717) is 26.1 Å². The Bertz CT molecular complexity index is 285. The van der Waals surface area contributed by atoms with Crippen LogP contribution in [0.5, 0.6) is 0 Å².